The summed E-state index contributed by atoms with van der Waals surface area (Å²) in [6.07, 6.45) is 49.7. The molecule has 0 fully saturated rings. The number of hydrogen-bond acceptors (Lipinski definition) is 7. The molecule has 0 aromatic rings. The quantitative estimate of drug-likeness (QED) is 0.0243. The Morgan fingerprint density at radius 1 is 0.582 bits per heavy atom. The van der Waals surface area contributed by atoms with Gasteiger partial charge in [0, 0.05) is 19.4 Å². The summed E-state index contributed by atoms with van der Waals surface area (Å²) in [7, 11) is -4.43. The summed E-state index contributed by atoms with van der Waals surface area (Å²) in [6.45, 7) is 3.37. The Bertz CT molecular complexity index is 1130. The first-order valence-electron chi connectivity index (χ1n) is 21.4. The van der Waals surface area contributed by atoms with E-state index in [4.69, 9.17) is 13.8 Å². The number of esters is 1. The molecule has 2 unspecified atom stereocenters. The molecule has 0 spiro atoms. The van der Waals surface area contributed by atoms with Crippen molar-refractivity contribution in [1.82, 2.24) is 5.32 Å². The van der Waals surface area contributed by atoms with E-state index in [1.807, 2.05) is 0 Å². The second kappa shape index (κ2) is 41.1. The topological polar surface area (TPSA) is 131 Å². The molecule has 316 valence electrons. The van der Waals surface area contributed by atoms with Crippen molar-refractivity contribution in [3.63, 3.8) is 0 Å². The number of unbranched alkanes of at least 4 members (excludes halogenated alkanes) is 14. The summed E-state index contributed by atoms with van der Waals surface area (Å²) in [5.74, 6) is -0.550. The molecule has 0 aromatic carbocycles. The maximum atomic E-state index is 12.1. The van der Waals surface area contributed by atoms with Crippen molar-refractivity contribution in [3.05, 3.63) is 72.9 Å². The standard InChI is InChI=1S/C45H78NO8P/c1-3-5-7-9-11-13-15-17-18-19-20-21-22-23-24-26-27-29-31-33-35-37-44(48)46-39-40-53-55(50,51)54-42-43(47)41-52-45(49)38-36-34-32-30-28-25-16-14-12-10-8-6-4-2/h5,7,11,13-14,16-18,20-21,23-24,43,47H,3-4,6,8-10,12,15,19,22,25-42H2,1-2H3,(H,46,48)(H,50,51)/b7-5-,13-11-,16-14-,18-17-,21-20-,24-23-. The van der Waals surface area contributed by atoms with Gasteiger partial charge in [-0.15, -0.1) is 0 Å². The molecule has 0 saturated carbocycles. The number of amides is 1. The number of nitrogens with one attached hydrogen (secondary N) is 1. The molecule has 1 amide bonds. The van der Waals surface area contributed by atoms with Crippen LogP contribution in [0.2, 0.25) is 0 Å². The number of carbonyl (C=O) groups is 2. The van der Waals surface area contributed by atoms with Crippen LogP contribution in [0.1, 0.15) is 168 Å². The van der Waals surface area contributed by atoms with Crippen molar-refractivity contribution in [3.8, 4) is 0 Å². The molecule has 9 nitrogen and oxygen atoms in total. The fourth-order valence-corrected chi connectivity index (χ4v) is 6.16. The third-order valence-electron chi connectivity index (χ3n) is 8.62. The van der Waals surface area contributed by atoms with Crippen LogP contribution in [-0.2, 0) is 27.9 Å². The Hall–Kier alpha value is -2.55. The lowest BCUT2D eigenvalue weighted by Crippen LogP contribution is -2.27. The SMILES string of the molecule is CC/C=C\C/C=C\C/C=C\C/C=C\C/C=C\CCCCCCCC(=O)NCCOP(=O)(O)OCC(O)COC(=O)CCCCCCC/C=C\CCCCCC. The Labute approximate surface area is 335 Å². The first-order valence-corrected chi connectivity index (χ1v) is 22.9. The predicted molar refractivity (Wildman–Crippen MR) is 229 cm³/mol. The number of aliphatic hydroxyl groups is 1. The maximum Gasteiger partial charge on any atom is 0.472 e. The summed E-state index contributed by atoms with van der Waals surface area (Å²) in [5.41, 5.74) is 0. The van der Waals surface area contributed by atoms with Gasteiger partial charge in [0.1, 0.15) is 12.7 Å². The van der Waals surface area contributed by atoms with Crippen LogP contribution in [0.3, 0.4) is 0 Å². The Balaban J connectivity index is 3.67. The van der Waals surface area contributed by atoms with Gasteiger partial charge in [0.05, 0.1) is 13.2 Å². The van der Waals surface area contributed by atoms with Crippen molar-refractivity contribution in [2.24, 2.45) is 0 Å². The summed E-state index contributed by atoms with van der Waals surface area (Å²) < 4.78 is 26.8. The van der Waals surface area contributed by atoms with E-state index in [-0.39, 0.29) is 32.1 Å². The fourth-order valence-electron chi connectivity index (χ4n) is 5.40. The number of allylic oxidation sites excluding steroid dienone is 12. The fraction of sp³-hybridized carbons (Fsp3) is 0.689. The molecule has 10 heteroatoms. The minimum absolute atomic E-state index is 0.0659. The third-order valence-corrected chi connectivity index (χ3v) is 9.60. The lowest BCUT2D eigenvalue weighted by Gasteiger charge is -2.15. The minimum atomic E-state index is -4.43. The minimum Gasteiger partial charge on any atom is -0.463 e. The van der Waals surface area contributed by atoms with Crippen LogP contribution >= 0.6 is 7.82 Å². The van der Waals surface area contributed by atoms with E-state index in [1.165, 1.54) is 32.1 Å². The Morgan fingerprint density at radius 3 is 1.58 bits per heavy atom. The van der Waals surface area contributed by atoms with E-state index in [9.17, 15) is 24.2 Å². The number of phosphoric acid groups is 1. The van der Waals surface area contributed by atoms with Gasteiger partial charge in [-0.05, 0) is 83.5 Å². The number of hydrogen-bond donors (Lipinski definition) is 3. The first-order chi connectivity index (χ1) is 26.8. The number of ether oxygens (including phenoxy) is 1. The first kappa shape index (κ1) is 52.5. The Kier molecular flexibility index (Phi) is 39.2. The molecule has 0 aromatic heterocycles. The zero-order valence-corrected chi connectivity index (χ0v) is 35.5. The van der Waals surface area contributed by atoms with Crippen molar-refractivity contribution >= 4 is 19.7 Å². The van der Waals surface area contributed by atoms with Gasteiger partial charge >= 0.3 is 13.8 Å². The smallest absolute Gasteiger partial charge is 0.463 e. The van der Waals surface area contributed by atoms with Crippen molar-refractivity contribution in [2.45, 2.75) is 174 Å². The second-order valence-corrected chi connectivity index (χ2v) is 15.4. The van der Waals surface area contributed by atoms with Crippen molar-refractivity contribution in [2.75, 3.05) is 26.4 Å². The van der Waals surface area contributed by atoms with Gasteiger partial charge in [0.25, 0.3) is 0 Å². The van der Waals surface area contributed by atoms with Crippen molar-refractivity contribution in [1.29, 1.82) is 0 Å². The maximum absolute atomic E-state index is 12.1. The summed E-state index contributed by atoms with van der Waals surface area (Å²) in [5, 5.41) is 12.7. The highest BCUT2D eigenvalue weighted by Crippen LogP contribution is 2.42. The molecule has 3 N–H and O–H groups in total. The average Bonchev–Trinajstić information content (AvgIpc) is 3.17. The molecule has 0 aliphatic rings. The van der Waals surface area contributed by atoms with Gasteiger partial charge in [0.15, 0.2) is 0 Å². The zero-order chi connectivity index (χ0) is 40.3. The van der Waals surface area contributed by atoms with Crippen LogP contribution < -0.4 is 5.32 Å². The lowest BCUT2D eigenvalue weighted by molar-refractivity contribution is -0.147. The largest absolute Gasteiger partial charge is 0.472 e. The molecule has 0 rings (SSSR count). The molecular weight excluding hydrogens is 713 g/mol. The second-order valence-electron chi connectivity index (χ2n) is 13.9. The average molecular weight is 792 g/mol. The normalized spacial score (nSPS) is 14.0. The van der Waals surface area contributed by atoms with Gasteiger partial charge in [0.2, 0.25) is 5.91 Å². The van der Waals surface area contributed by atoms with E-state index in [0.29, 0.717) is 6.42 Å². The molecule has 55 heavy (non-hydrogen) atoms. The monoisotopic (exact) mass is 792 g/mol. The van der Waals surface area contributed by atoms with E-state index < -0.39 is 26.5 Å². The number of rotatable bonds is 39. The molecule has 0 radical (unpaired) electrons. The molecule has 2 atom stereocenters. The van der Waals surface area contributed by atoms with Crippen LogP contribution in [0.25, 0.3) is 0 Å². The van der Waals surface area contributed by atoms with Crippen LogP contribution in [0.15, 0.2) is 72.9 Å². The van der Waals surface area contributed by atoms with E-state index >= 15 is 0 Å². The van der Waals surface area contributed by atoms with E-state index in [1.54, 1.807) is 0 Å². The molecular formula is C45H78NO8P. The summed E-state index contributed by atoms with van der Waals surface area (Å²) in [6, 6.07) is 0. The van der Waals surface area contributed by atoms with E-state index in [0.717, 1.165) is 109 Å². The molecule has 0 aliphatic heterocycles. The predicted octanol–water partition coefficient (Wildman–Crippen LogP) is 11.9. The molecule has 0 aliphatic carbocycles. The van der Waals surface area contributed by atoms with Gasteiger partial charge < -0.3 is 20.1 Å². The van der Waals surface area contributed by atoms with Gasteiger partial charge in [-0.2, -0.15) is 0 Å². The molecule has 0 saturated heterocycles. The van der Waals surface area contributed by atoms with Crippen LogP contribution in [0.4, 0.5) is 0 Å². The highest BCUT2D eigenvalue weighted by atomic mass is 31.2. The van der Waals surface area contributed by atoms with Crippen LogP contribution in [-0.4, -0.2) is 54.3 Å². The molecule has 0 bridgehead atoms. The number of aliphatic hydroxyl groups excluding tert-OH is 1. The lowest BCUT2D eigenvalue weighted by atomic mass is 10.1. The van der Waals surface area contributed by atoms with Gasteiger partial charge in [-0.25, -0.2) is 4.57 Å². The summed E-state index contributed by atoms with van der Waals surface area (Å²) in [4.78, 5) is 33.9. The van der Waals surface area contributed by atoms with Gasteiger partial charge in [-0.3, -0.25) is 18.6 Å². The molecule has 0 heterocycles. The van der Waals surface area contributed by atoms with Crippen molar-refractivity contribution < 1.29 is 37.9 Å². The third kappa shape index (κ3) is 42.4. The van der Waals surface area contributed by atoms with Crippen LogP contribution in [0, 0.1) is 0 Å². The highest BCUT2D eigenvalue weighted by Gasteiger charge is 2.23. The zero-order valence-electron chi connectivity index (χ0n) is 34.6. The van der Waals surface area contributed by atoms with Crippen LogP contribution in [0.5, 0.6) is 0 Å². The highest BCUT2D eigenvalue weighted by molar-refractivity contribution is 7.47. The Morgan fingerprint density at radius 2 is 1.04 bits per heavy atom. The number of phosphoric ester groups is 1. The van der Waals surface area contributed by atoms with Gasteiger partial charge in [-0.1, -0.05) is 145 Å². The summed E-state index contributed by atoms with van der Waals surface area (Å²) >= 11 is 0. The van der Waals surface area contributed by atoms with E-state index in [2.05, 4.69) is 92.1 Å². The number of carbonyl (C=O) groups excluding carboxylic acids is 2.